The number of benzene rings is 1. The van der Waals surface area contributed by atoms with E-state index in [4.69, 9.17) is 0 Å². The SMILES string of the molecule is Cc1ccc(NCC2CCCC2C)c([N+](=O)[O-])c1. The second kappa shape index (κ2) is 5.38. The molecule has 1 saturated carbocycles. The molecule has 4 heteroatoms. The molecule has 18 heavy (non-hydrogen) atoms. The molecule has 1 aromatic carbocycles. The summed E-state index contributed by atoms with van der Waals surface area (Å²) in [5.41, 5.74) is 1.74. The molecule has 0 radical (unpaired) electrons. The van der Waals surface area contributed by atoms with Gasteiger partial charge in [-0.2, -0.15) is 0 Å². The maximum atomic E-state index is 11.0. The quantitative estimate of drug-likeness (QED) is 0.652. The van der Waals surface area contributed by atoms with Gasteiger partial charge in [0.05, 0.1) is 4.92 Å². The van der Waals surface area contributed by atoms with E-state index in [0.29, 0.717) is 11.6 Å². The Bertz CT molecular complexity index is 445. The van der Waals surface area contributed by atoms with Gasteiger partial charge in [0, 0.05) is 12.6 Å². The third kappa shape index (κ3) is 2.81. The Labute approximate surface area is 108 Å². The van der Waals surface area contributed by atoms with E-state index in [0.717, 1.165) is 18.0 Å². The Balaban J connectivity index is 2.06. The van der Waals surface area contributed by atoms with Crippen molar-refractivity contribution >= 4 is 11.4 Å². The van der Waals surface area contributed by atoms with E-state index in [2.05, 4.69) is 12.2 Å². The van der Waals surface area contributed by atoms with Crippen molar-refractivity contribution in [1.82, 2.24) is 0 Å². The van der Waals surface area contributed by atoms with E-state index in [1.165, 1.54) is 19.3 Å². The lowest BCUT2D eigenvalue weighted by atomic mass is 9.98. The Kier molecular flexibility index (Phi) is 3.84. The standard InChI is InChI=1S/C14H20N2O2/c1-10-6-7-13(14(8-10)16(17)18)15-9-12-5-3-4-11(12)2/h6-8,11-12,15H,3-5,9H2,1-2H3. The van der Waals surface area contributed by atoms with Crippen LogP contribution in [0.3, 0.4) is 0 Å². The normalized spacial score (nSPS) is 23.0. The molecule has 2 atom stereocenters. The molecule has 4 nitrogen and oxygen atoms in total. The predicted molar refractivity (Wildman–Crippen MR) is 72.8 cm³/mol. The van der Waals surface area contributed by atoms with Gasteiger partial charge in [-0.25, -0.2) is 0 Å². The number of nitrogens with one attached hydrogen (secondary N) is 1. The molecule has 0 heterocycles. The first-order chi connectivity index (χ1) is 8.58. The molecule has 0 amide bonds. The summed E-state index contributed by atoms with van der Waals surface area (Å²) in [6.45, 7) is 4.98. The summed E-state index contributed by atoms with van der Waals surface area (Å²) in [5, 5.41) is 14.3. The van der Waals surface area contributed by atoms with Gasteiger partial charge in [0.1, 0.15) is 5.69 Å². The van der Waals surface area contributed by atoms with Crippen LogP contribution in [0, 0.1) is 28.9 Å². The molecule has 0 saturated heterocycles. The van der Waals surface area contributed by atoms with Gasteiger partial charge in [-0.1, -0.05) is 25.8 Å². The van der Waals surface area contributed by atoms with Crippen LogP contribution in [-0.4, -0.2) is 11.5 Å². The van der Waals surface area contributed by atoms with Crippen LogP contribution in [0.25, 0.3) is 0 Å². The average molecular weight is 248 g/mol. The number of nitro benzene ring substituents is 1. The van der Waals surface area contributed by atoms with E-state index >= 15 is 0 Å². The van der Waals surface area contributed by atoms with Gasteiger partial charge in [0.15, 0.2) is 0 Å². The van der Waals surface area contributed by atoms with Crippen molar-refractivity contribution in [1.29, 1.82) is 0 Å². The molecule has 1 aliphatic rings. The highest BCUT2D eigenvalue weighted by molar-refractivity contribution is 5.62. The Morgan fingerprint density at radius 3 is 2.83 bits per heavy atom. The second-order valence-electron chi connectivity index (χ2n) is 5.33. The van der Waals surface area contributed by atoms with Crippen molar-refractivity contribution in [3.05, 3.63) is 33.9 Å². The van der Waals surface area contributed by atoms with E-state index < -0.39 is 0 Å². The highest BCUT2D eigenvalue weighted by atomic mass is 16.6. The number of rotatable bonds is 4. The zero-order chi connectivity index (χ0) is 13.1. The first-order valence-corrected chi connectivity index (χ1v) is 6.57. The Morgan fingerprint density at radius 2 is 2.22 bits per heavy atom. The lowest BCUT2D eigenvalue weighted by Gasteiger charge is -2.16. The summed E-state index contributed by atoms with van der Waals surface area (Å²) in [7, 11) is 0. The van der Waals surface area contributed by atoms with Crippen molar-refractivity contribution in [3.8, 4) is 0 Å². The lowest BCUT2D eigenvalue weighted by Crippen LogP contribution is -2.17. The molecule has 1 N–H and O–H groups in total. The Hall–Kier alpha value is -1.58. The van der Waals surface area contributed by atoms with Gasteiger partial charge >= 0.3 is 0 Å². The number of nitro groups is 1. The summed E-state index contributed by atoms with van der Waals surface area (Å²) in [4.78, 5) is 10.7. The summed E-state index contributed by atoms with van der Waals surface area (Å²) < 4.78 is 0. The molecule has 1 aromatic rings. The second-order valence-corrected chi connectivity index (χ2v) is 5.33. The minimum atomic E-state index is -0.312. The fourth-order valence-electron chi connectivity index (χ4n) is 2.71. The number of aryl methyl sites for hydroxylation is 1. The molecule has 98 valence electrons. The van der Waals surface area contributed by atoms with Crippen molar-refractivity contribution in [3.63, 3.8) is 0 Å². The average Bonchev–Trinajstić information content (AvgIpc) is 2.73. The third-order valence-electron chi connectivity index (χ3n) is 3.94. The zero-order valence-electron chi connectivity index (χ0n) is 11.0. The van der Waals surface area contributed by atoms with Crippen LogP contribution in [0.1, 0.15) is 31.7 Å². The third-order valence-corrected chi connectivity index (χ3v) is 3.94. The monoisotopic (exact) mass is 248 g/mol. The van der Waals surface area contributed by atoms with E-state index in [9.17, 15) is 10.1 Å². The maximum absolute atomic E-state index is 11.0. The highest BCUT2D eigenvalue weighted by Crippen LogP contribution is 2.32. The van der Waals surface area contributed by atoms with Gasteiger partial charge in [-0.05, 0) is 36.8 Å². The van der Waals surface area contributed by atoms with Crippen molar-refractivity contribution in [2.45, 2.75) is 33.1 Å². The minimum Gasteiger partial charge on any atom is -0.379 e. The summed E-state index contributed by atoms with van der Waals surface area (Å²) in [6, 6.07) is 5.35. The first-order valence-electron chi connectivity index (χ1n) is 6.57. The largest absolute Gasteiger partial charge is 0.379 e. The first kappa shape index (κ1) is 12.9. The molecule has 2 rings (SSSR count). The van der Waals surface area contributed by atoms with Crippen LogP contribution < -0.4 is 5.32 Å². The smallest absolute Gasteiger partial charge is 0.292 e. The summed E-state index contributed by atoms with van der Waals surface area (Å²) in [5.74, 6) is 1.37. The molecule has 1 fully saturated rings. The van der Waals surface area contributed by atoms with Crippen LogP contribution in [0.2, 0.25) is 0 Å². The minimum absolute atomic E-state index is 0.181. The number of nitrogens with zero attached hydrogens (tertiary/aromatic N) is 1. The topological polar surface area (TPSA) is 55.2 Å². The van der Waals surface area contributed by atoms with E-state index in [1.54, 1.807) is 6.07 Å². The lowest BCUT2D eigenvalue weighted by molar-refractivity contribution is -0.384. The van der Waals surface area contributed by atoms with Crippen LogP contribution >= 0.6 is 0 Å². The zero-order valence-corrected chi connectivity index (χ0v) is 11.0. The molecular formula is C14H20N2O2. The number of anilines is 1. The van der Waals surface area contributed by atoms with Crippen LogP contribution in [0.5, 0.6) is 0 Å². The van der Waals surface area contributed by atoms with Crippen molar-refractivity contribution in [2.24, 2.45) is 11.8 Å². The van der Waals surface area contributed by atoms with E-state index in [1.807, 2.05) is 19.1 Å². The van der Waals surface area contributed by atoms with Crippen LogP contribution in [-0.2, 0) is 0 Å². The summed E-state index contributed by atoms with van der Waals surface area (Å²) in [6.07, 6.45) is 3.79. The molecule has 1 aliphatic carbocycles. The highest BCUT2D eigenvalue weighted by Gasteiger charge is 2.23. The van der Waals surface area contributed by atoms with Gasteiger partial charge in [-0.15, -0.1) is 0 Å². The van der Waals surface area contributed by atoms with Crippen molar-refractivity contribution in [2.75, 3.05) is 11.9 Å². The van der Waals surface area contributed by atoms with Gasteiger partial charge in [-0.3, -0.25) is 10.1 Å². The van der Waals surface area contributed by atoms with E-state index in [-0.39, 0.29) is 10.6 Å². The maximum Gasteiger partial charge on any atom is 0.292 e. The number of hydrogen-bond donors (Lipinski definition) is 1. The predicted octanol–water partition coefficient (Wildman–Crippen LogP) is 3.75. The molecule has 2 unspecified atom stereocenters. The summed E-state index contributed by atoms with van der Waals surface area (Å²) >= 11 is 0. The Morgan fingerprint density at radius 1 is 1.44 bits per heavy atom. The van der Waals surface area contributed by atoms with Crippen LogP contribution in [0.15, 0.2) is 18.2 Å². The van der Waals surface area contributed by atoms with Crippen LogP contribution in [0.4, 0.5) is 11.4 Å². The molecule has 0 aliphatic heterocycles. The molecule has 0 bridgehead atoms. The fourth-order valence-corrected chi connectivity index (χ4v) is 2.71. The number of hydrogen-bond acceptors (Lipinski definition) is 3. The van der Waals surface area contributed by atoms with Gasteiger partial charge in [0.2, 0.25) is 0 Å². The van der Waals surface area contributed by atoms with Crippen molar-refractivity contribution < 1.29 is 4.92 Å². The molecule has 0 spiro atoms. The fraction of sp³-hybridized carbons (Fsp3) is 0.571. The van der Waals surface area contributed by atoms with Gasteiger partial charge in [0.25, 0.3) is 5.69 Å². The molecule has 0 aromatic heterocycles. The molecular weight excluding hydrogens is 228 g/mol. The van der Waals surface area contributed by atoms with Gasteiger partial charge < -0.3 is 5.32 Å².